The van der Waals surface area contributed by atoms with Crippen LogP contribution in [0.15, 0.2) is 35.2 Å². The molecule has 3 fully saturated rings. The number of sulfone groups is 1. The summed E-state index contributed by atoms with van der Waals surface area (Å²) in [6.45, 7) is 6.80. The van der Waals surface area contributed by atoms with Gasteiger partial charge in [-0.05, 0) is 82.4 Å². The smallest absolute Gasteiger partial charge is 0.411 e. The van der Waals surface area contributed by atoms with Gasteiger partial charge in [-0.1, -0.05) is 18.5 Å². The number of aliphatic hydroxyl groups excluding tert-OH is 1. The Labute approximate surface area is 287 Å². The summed E-state index contributed by atoms with van der Waals surface area (Å²) in [5.74, 6) is -7.56. The van der Waals surface area contributed by atoms with Gasteiger partial charge in [0.2, 0.25) is 5.91 Å². The molecule has 3 unspecified atom stereocenters. The molecule has 0 radical (unpaired) electrons. The number of aliphatic hydroxyl groups is 2. The molecule has 7 atom stereocenters. The van der Waals surface area contributed by atoms with Crippen LogP contribution in [0, 0.1) is 35.2 Å². The van der Waals surface area contributed by atoms with Gasteiger partial charge in [0.15, 0.2) is 27.3 Å². The Kier molecular flexibility index (Phi) is 10.1. The summed E-state index contributed by atoms with van der Waals surface area (Å²) < 4.78 is 74.0. The van der Waals surface area contributed by atoms with Crippen molar-refractivity contribution in [3.05, 3.63) is 58.4 Å². The number of nitrogens with one attached hydrogen (secondary N) is 2. The Morgan fingerprint density at radius 2 is 1.73 bits per heavy atom. The highest BCUT2D eigenvalue weighted by Gasteiger charge is 2.59. The first-order chi connectivity index (χ1) is 22.7. The molecule has 0 aromatic heterocycles. The van der Waals surface area contributed by atoms with Gasteiger partial charge < -0.3 is 25.6 Å². The van der Waals surface area contributed by atoms with Crippen LogP contribution in [0.25, 0.3) is 0 Å². The third kappa shape index (κ3) is 7.26. The lowest BCUT2D eigenvalue weighted by atomic mass is 9.73. The van der Waals surface area contributed by atoms with Crippen molar-refractivity contribution in [1.82, 2.24) is 10.2 Å². The highest BCUT2D eigenvalue weighted by Crippen LogP contribution is 2.54. The molecule has 268 valence electrons. The van der Waals surface area contributed by atoms with E-state index in [2.05, 4.69) is 10.6 Å². The first-order valence-corrected chi connectivity index (χ1v) is 17.8. The number of anilines is 1. The van der Waals surface area contributed by atoms with Gasteiger partial charge >= 0.3 is 6.09 Å². The predicted octanol–water partition coefficient (Wildman–Crippen LogP) is 4.44. The maximum Gasteiger partial charge on any atom is 0.411 e. The molecule has 2 bridgehead atoms. The zero-order valence-corrected chi connectivity index (χ0v) is 28.9. The Bertz CT molecular complexity index is 1750. The molecule has 49 heavy (non-hydrogen) atoms. The number of carbonyl (C=O) groups is 3. The average Bonchev–Trinajstić information content (AvgIpc) is 3.42. The molecular weight excluding hydrogens is 691 g/mol. The fourth-order valence-corrected chi connectivity index (χ4v) is 9.78. The molecule has 4 N–H and O–H groups in total. The molecule has 1 aliphatic heterocycles. The third-order valence-electron chi connectivity index (χ3n) is 9.75. The lowest BCUT2D eigenvalue weighted by Gasteiger charge is -2.43. The van der Waals surface area contributed by atoms with Crippen LogP contribution in [0.3, 0.4) is 0 Å². The minimum atomic E-state index is -4.19. The quantitative estimate of drug-likeness (QED) is 0.304. The van der Waals surface area contributed by atoms with E-state index in [1.165, 1.54) is 12.1 Å². The average molecular weight is 730 g/mol. The first kappa shape index (κ1) is 36.9. The van der Waals surface area contributed by atoms with E-state index in [-0.39, 0.29) is 59.4 Å². The number of rotatable bonds is 7. The number of benzene rings is 2. The van der Waals surface area contributed by atoms with Crippen molar-refractivity contribution >= 4 is 45.0 Å². The monoisotopic (exact) mass is 729 g/mol. The highest BCUT2D eigenvalue weighted by atomic mass is 35.5. The van der Waals surface area contributed by atoms with Crippen molar-refractivity contribution in [3.8, 4) is 0 Å². The van der Waals surface area contributed by atoms with E-state index in [4.69, 9.17) is 16.3 Å². The van der Waals surface area contributed by atoms with Gasteiger partial charge in [0.25, 0.3) is 5.91 Å². The summed E-state index contributed by atoms with van der Waals surface area (Å²) in [6, 6.07) is 3.43. The summed E-state index contributed by atoms with van der Waals surface area (Å²) >= 11 is 6.32. The minimum absolute atomic E-state index is 0.0172. The third-order valence-corrected chi connectivity index (χ3v) is 12.4. The molecule has 3 amide bonds. The minimum Gasteiger partial charge on any atom is -0.444 e. The van der Waals surface area contributed by atoms with Crippen LogP contribution in [-0.4, -0.2) is 83.1 Å². The van der Waals surface area contributed by atoms with Gasteiger partial charge in [0.1, 0.15) is 11.6 Å². The summed E-state index contributed by atoms with van der Waals surface area (Å²) in [5, 5.41) is 26.2. The van der Waals surface area contributed by atoms with Crippen molar-refractivity contribution in [2.75, 3.05) is 18.4 Å². The number of carbonyl (C=O) groups excluding carboxylic acids is 3. The molecule has 2 aromatic rings. The Balaban J connectivity index is 1.30. The van der Waals surface area contributed by atoms with Crippen LogP contribution >= 0.6 is 11.6 Å². The summed E-state index contributed by atoms with van der Waals surface area (Å²) in [5.41, 5.74) is -2.87. The lowest BCUT2D eigenvalue weighted by Crippen LogP contribution is -2.58. The summed E-state index contributed by atoms with van der Waals surface area (Å²) in [6.07, 6.45) is -1.21. The van der Waals surface area contributed by atoms with E-state index in [9.17, 15) is 46.2 Å². The first-order valence-electron chi connectivity index (χ1n) is 15.9. The molecule has 2 aliphatic carbocycles. The van der Waals surface area contributed by atoms with Gasteiger partial charge in [-0.15, -0.1) is 0 Å². The molecule has 1 heterocycles. The molecule has 5 rings (SSSR count). The van der Waals surface area contributed by atoms with E-state index >= 15 is 0 Å². The van der Waals surface area contributed by atoms with E-state index in [1.54, 1.807) is 20.8 Å². The standard InChI is InChI=1S/C33H39ClF3N3O8S/c1-16-9-18-11-20(14-21(16)33(18,45)15-38-30(43)28-25(41)7-8-40(28)31(44)48-32(2,3)4)49(46,47)26-10-17(5-6-22(26)34)29(42)39-19-12-23(35)27(37)24(36)13-19/h5-6,10,12-13,16,18,20-21,25,28,41,45H,7-9,11,14-15H2,1-4H3,(H,38,43)(H,39,42)/t16-,18?,20?,21?,25-,28-,33+/m0/s1. The van der Waals surface area contributed by atoms with E-state index in [0.717, 1.165) is 11.0 Å². The molecule has 2 aromatic carbocycles. The second kappa shape index (κ2) is 13.4. The van der Waals surface area contributed by atoms with Gasteiger partial charge in [0, 0.05) is 36.5 Å². The Hall–Kier alpha value is -3.40. The molecule has 11 nitrogen and oxygen atoms in total. The fraction of sp³-hybridized carbons (Fsp3) is 0.545. The SMILES string of the molecule is C[C@H]1CC2CC(S(=O)(=O)c3cc(C(=O)Nc4cc(F)c(F)c(F)c4)ccc3Cl)CC1[C@@]2(O)CNC(=O)[C@@H]1[C@@H](O)CCN1C(=O)OC(C)(C)C. The van der Waals surface area contributed by atoms with Crippen molar-refractivity contribution in [1.29, 1.82) is 0 Å². The number of amides is 3. The maximum atomic E-state index is 14.0. The lowest BCUT2D eigenvalue weighted by molar-refractivity contribution is -0.131. The number of ether oxygens (including phenoxy) is 1. The number of nitrogens with zero attached hydrogens (tertiary/aromatic N) is 1. The van der Waals surface area contributed by atoms with Crippen LogP contribution < -0.4 is 10.6 Å². The van der Waals surface area contributed by atoms with Crippen LogP contribution in [0.5, 0.6) is 0 Å². The largest absolute Gasteiger partial charge is 0.444 e. The number of likely N-dealkylation sites (tertiary alicyclic amines) is 1. The zero-order chi connectivity index (χ0) is 36.2. The molecule has 0 spiro atoms. The number of fused-ring (bicyclic) bond motifs is 2. The fourth-order valence-electron chi connectivity index (χ4n) is 7.40. The molecular formula is C33H39ClF3N3O8S. The van der Waals surface area contributed by atoms with Crippen LogP contribution in [0.2, 0.25) is 5.02 Å². The second-order valence-electron chi connectivity index (χ2n) is 14.2. The summed E-state index contributed by atoms with van der Waals surface area (Å²) in [7, 11) is -4.19. The highest BCUT2D eigenvalue weighted by molar-refractivity contribution is 7.92. The van der Waals surface area contributed by atoms with E-state index in [0.29, 0.717) is 18.6 Å². The number of hydrogen-bond acceptors (Lipinski definition) is 8. The number of halogens is 4. The van der Waals surface area contributed by atoms with Crippen molar-refractivity contribution in [2.24, 2.45) is 17.8 Å². The van der Waals surface area contributed by atoms with E-state index in [1.807, 2.05) is 6.92 Å². The van der Waals surface area contributed by atoms with Gasteiger partial charge in [0.05, 0.1) is 26.9 Å². The van der Waals surface area contributed by atoms with Gasteiger partial charge in [-0.3, -0.25) is 14.5 Å². The van der Waals surface area contributed by atoms with Crippen LogP contribution in [0.4, 0.5) is 23.7 Å². The molecule has 3 aliphatic rings. The maximum absolute atomic E-state index is 14.0. The van der Waals surface area contributed by atoms with Crippen molar-refractivity contribution < 1.29 is 50.9 Å². The second-order valence-corrected chi connectivity index (χ2v) is 16.8. The van der Waals surface area contributed by atoms with E-state index < -0.39 is 85.6 Å². The predicted molar refractivity (Wildman–Crippen MR) is 172 cm³/mol. The normalized spacial score (nSPS) is 28.3. The van der Waals surface area contributed by atoms with Gasteiger partial charge in [-0.2, -0.15) is 0 Å². The zero-order valence-electron chi connectivity index (χ0n) is 27.3. The number of hydrogen-bond donors (Lipinski definition) is 4. The van der Waals surface area contributed by atoms with Crippen molar-refractivity contribution in [3.63, 3.8) is 0 Å². The van der Waals surface area contributed by atoms with Crippen LogP contribution in [-0.2, 0) is 19.4 Å². The Morgan fingerprint density at radius 1 is 1.08 bits per heavy atom. The Morgan fingerprint density at radius 3 is 2.35 bits per heavy atom. The molecule has 1 saturated heterocycles. The molecule has 16 heteroatoms. The van der Waals surface area contributed by atoms with Gasteiger partial charge in [-0.25, -0.2) is 26.4 Å². The topological polar surface area (TPSA) is 162 Å². The van der Waals surface area contributed by atoms with Crippen molar-refractivity contribution in [2.45, 2.75) is 86.9 Å². The van der Waals surface area contributed by atoms with Crippen LogP contribution in [0.1, 0.15) is 63.7 Å². The summed E-state index contributed by atoms with van der Waals surface area (Å²) in [4.78, 5) is 39.7. The molecule has 2 saturated carbocycles.